The van der Waals surface area contributed by atoms with Crippen molar-refractivity contribution in [2.45, 2.75) is 45.1 Å². The van der Waals surface area contributed by atoms with Gasteiger partial charge in [0, 0.05) is 5.92 Å². The Labute approximate surface area is 78.1 Å². The monoisotopic (exact) mass is 180 g/mol. The number of nitrogens with two attached hydrogens (primary N) is 1. The van der Waals surface area contributed by atoms with Gasteiger partial charge in [0.15, 0.2) is 0 Å². The van der Waals surface area contributed by atoms with Gasteiger partial charge in [0.25, 0.3) is 0 Å². The van der Waals surface area contributed by atoms with Crippen LogP contribution in [0, 0.1) is 0 Å². The van der Waals surface area contributed by atoms with Gasteiger partial charge in [-0.05, 0) is 19.3 Å². The maximum absolute atomic E-state index is 5.95. The van der Waals surface area contributed by atoms with Crippen molar-refractivity contribution in [2.24, 2.45) is 0 Å². The second-order valence-electron chi connectivity index (χ2n) is 4.04. The molecule has 2 rings (SSSR count). The van der Waals surface area contributed by atoms with E-state index in [4.69, 9.17) is 5.73 Å². The Morgan fingerprint density at radius 2 is 2.15 bits per heavy atom. The zero-order valence-electron chi connectivity index (χ0n) is 8.20. The summed E-state index contributed by atoms with van der Waals surface area (Å²) < 4.78 is 1.89. The highest BCUT2D eigenvalue weighted by molar-refractivity contribution is 5.36. The zero-order valence-corrected chi connectivity index (χ0v) is 8.20. The van der Waals surface area contributed by atoms with Crippen LogP contribution in [0.5, 0.6) is 0 Å². The van der Waals surface area contributed by atoms with Crippen LogP contribution in [0.1, 0.15) is 50.8 Å². The normalized spacial score (nSPS) is 17.8. The van der Waals surface area contributed by atoms with Gasteiger partial charge in [0.05, 0.1) is 6.04 Å². The quantitative estimate of drug-likeness (QED) is 0.753. The number of nitrogens with zero attached hydrogens (tertiary/aromatic N) is 3. The highest BCUT2D eigenvalue weighted by Crippen LogP contribution is 2.33. The summed E-state index contributed by atoms with van der Waals surface area (Å²) in [6.07, 6.45) is 3.69. The minimum absolute atomic E-state index is 0.369. The molecule has 0 spiro atoms. The molecule has 0 radical (unpaired) electrons. The smallest absolute Gasteiger partial charge is 0.146 e. The van der Waals surface area contributed by atoms with Gasteiger partial charge >= 0.3 is 0 Å². The Balaban J connectivity index is 2.27. The van der Waals surface area contributed by atoms with Gasteiger partial charge in [-0.25, -0.2) is 4.68 Å². The Morgan fingerprint density at radius 3 is 2.54 bits per heavy atom. The third-order valence-corrected chi connectivity index (χ3v) is 2.73. The summed E-state index contributed by atoms with van der Waals surface area (Å²) in [5, 5.41) is 8.21. The fraction of sp³-hybridized carbons (Fsp3) is 0.778. The van der Waals surface area contributed by atoms with Crippen LogP contribution in [0.25, 0.3) is 0 Å². The van der Waals surface area contributed by atoms with E-state index in [-0.39, 0.29) is 0 Å². The van der Waals surface area contributed by atoms with Crippen molar-refractivity contribution >= 4 is 5.82 Å². The van der Waals surface area contributed by atoms with Crippen LogP contribution in [0.15, 0.2) is 0 Å². The van der Waals surface area contributed by atoms with Crippen molar-refractivity contribution < 1.29 is 0 Å². The van der Waals surface area contributed by atoms with Gasteiger partial charge in [-0.2, -0.15) is 0 Å². The largest absolute Gasteiger partial charge is 0.382 e. The van der Waals surface area contributed by atoms with Crippen molar-refractivity contribution in [3.63, 3.8) is 0 Å². The van der Waals surface area contributed by atoms with Gasteiger partial charge in [-0.1, -0.05) is 19.1 Å². The summed E-state index contributed by atoms with van der Waals surface area (Å²) in [4.78, 5) is 0. The van der Waals surface area contributed by atoms with Gasteiger partial charge < -0.3 is 5.73 Å². The molecule has 0 bridgehead atoms. The van der Waals surface area contributed by atoms with Gasteiger partial charge in [-0.3, -0.25) is 0 Å². The summed E-state index contributed by atoms with van der Waals surface area (Å²) in [5.74, 6) is 1.13. The van der Waals surface area contributed by atoms with E-state index in [1.807, 2.05) is 4.68 Å². The first kappa shape index (κ1) is 8.53. The average molecular weight is 180 g/mol. The molecule has 0 aromatic carbocycles. The molecule has 1 fully saturated rings. The summed E-state index contributed by atoms with van der Waals surface area (Å²) in [6, 6.07) is 0.514. The molecule has 0 saturated heterocycles. The van der Waals surface area contributed by atoms with Crippen LogP contribution in [0.2, 0.25) is 0 Å². The van der Waals surface area contributed by atoms with E-state index >= 15 is 0 Å². The van der Waals surface area contributed by atoms with Crippen LogP contribution < -0.4 is 5.73 Å². The molecule has 1 heterocycles. The maximum atomic E-state index is 5.95. The first-order valence-electron chi connectivity index (χ1n) is 4.90. The third-order valence-electron chi connectivity index (χ3n) is 2.73. The Kier molecular flexibility index (Phi) is 1.98. The molecule has 0 amide bonds. The summed E-state index contributed by atoms with van der Waals surface area (Å²) >= 11 is 0. The SMILES string of the molecule is CC(C)c1nnn(C2CCC2)c1N. The lowest BCUT2D eigenvalue weighted by molar-refractivity contribution is 0.288. The number of aromatic nitrogens is 3. The second kappa shape index (κ2) is 3.01. The number of nitrogen functional groups attached to an aromatic ring is 1. The molecule has 1 aromatic rings. The number of rotatable bonds is 2. The summed E-state index contributed by atoms with van der Waals surface area (Å²) in [5.41, 5.74) is 6.89. The molecule has 0 aliphatic heterocycles. The minimum Gasteiger partial charge on any atom is -0.382 e. The fourth-order valence-electron chi connectivity index (χ4n) is 1.63. The molecule has 13 heavy (non-hydrogen) atoms. The highest BCUT2D eigenvalue weighted by Gasteiger charge is 2.24. The molecule has 1 aliphatic carbocycles. The van der Waals surface area contributed by atoms with Crippen molar-refractivity contribution in [1.82, 2.24) is 15.0 Å². The molecule has 4 nitrogen and oxygen atoms in total. The summed E-state index contributed by atoms with van der Waals surface area (Å²) in [7, 11) is 0. The van der Waals surface area contributed by atoms with Crippen LogP contribution >= 0.6 is 0 Å². The number of hydrogen-bond donors (Lipinski definition) is 1. The van der Waals surface area contributed by atoms with Crippen LogP contribution in [0.4, 0.5) is 5.82 Å². The van der Waals surface area contributed by atoms with E-state index < -0.39 is 0 Å². The van der Waals surface area contributed by atoms with Crippen molar-refractivity contribution in [3.05, 3.63) is 5.69 Å². The lowest BCUT2D eigenvalue weighted by Gasteiger charge is -2.25. The molecule has 0 atom stereocenters. The average Bonchev–Trinajstić information content (AvgIpc) is 2.29. The van der Waals surface area contributed by atoms with E-state index in [2.05, 4.69) is 24.2 Å². The second-order valence-corrected chi connectivity index (χ2v) is 4.04. The minimum atomic E-state index is 0.369. The molecule has 1 aromatic heterocycles. The summed E-state index contributed by atoms with van der Waals surface area (Å²) in [6.45, 7) is 4.18. The number of anilines is 1. The molecular formula is C9H16N4. The number of hydrogen-bond acceptors (Lipinski definition) is 3. The van der Waals surface area contributed by atoms with E-state index in [0.717, 1.165) is 11.5 Å². The maximum Gasteiger partial charge on any atom is 0.146 e. The lowest BCUT2D eigenvalue weighted by atomic mass is 9.93. The predicted molar refractivity (Wildman–Crippen MR) is 51.4 cm³/mol. The molecule has 72 valence electrons. The third kappa shape index (κ3) is 1.30. The zero-order chi connectivity index (χ0) is 9.42. The van der Waals surface area contributed by atoms with E-state index in [0.29, 0.717) is 12.0 Å². The van der Waals surface area contributed by atoms with Gasteiger partial charge in [-0.15, -0.1) is 5.10 Å². The fourth-order valence-corrected chi connectivity index (χ4v) is 1.63. The van der Waals surface area contributed by atoms with Crippen molar-refractivity contribution in [1.29, 1.82) is 0 Å². The van der Waals surface area contributed by atoms with Crippen molar-refractivity contribution in [2.75, 3.05) is 5.73 Å². The molecule has 1 saturated carbocycles. The topological polar surface area (TPSA) is 56.7 Å². The highest BCUT2D eigenvalue weighted by atomic mass is 15.5. The van der Waals surface area contributed by atoms with Crippen molar-refractivity contribution in [3.8, 4) is 0 Å². The van der Waals surface area contributed by atoms with Crippen LogP contribution in [-0.2, 0) is 0 Å². The molecule has 2 N–H and O–H groups in total. The molecule has 1 aliphatic rings. The Bertz CT molecular complexity index is 299. The first-order valence-corrected chi connectivity index (χ1v) is 4.90. The molecule has 4 heteroatoms. The molecule has 0 unspecified atom stereocenters. The first-order chi connectivity index (χ1) is 6.20. The lowest BCUT2D eigenvalue weighted by Crippen LogP contribution is -2.20. The van der Waals surface area contributed by atoms with Gasteiger partial charge in [0.1, 0.15) is 11.5 Å². The van der Waals surface area contributed by atoms with E-state index in [9.17, 15) is 0 Å². The van der Waals surface area contributed by atoms with E-state index in [1.165, 1.54) is 19.3 Å². The predicted octanol–water partition coefficient (Wildman–Crippen LogP) is 1.71. The van der Waals surface area contributed by atoms with Gasteiger partial charge in [0.2, 0.25) is 0 Å². The standard InChI is InChI=1S/C9H16N4/c1-6(2)8-9(10)13(12-11-8)7-4-3-5-7/h6-7H,3-5,10H2,1-2H3. The van der Waals surface area contributed by atoms with Crippen LogP contribution in [0.3, 0.4) is 0 Å². The Hall–Kier alpha value is -1.06. The molecular weight excluding hydrogens is 164 g/mol. The van der Waals surface area contributed by atoms with Crippen LogP contribution in [-0.4, -0.2) is 15.0 Å². The Morgan fingerprint density at radius 1 is 1.46 bits per heavy atom. The van der Waals surface area contributed by atoms with E-state index in [1.54, 1.807) is 0 Å².